The largest absolute Gasteiger partial charge is 0.271 e. The van der Waals surface area contributed by atoms with Gasteiger partial charge in [-0.15, -0.1) is 0 Å². The molecule has 0 heterocycles. The van der Waals surface area contributed by atoms with Crippen LogP contribution >= 0.6 is 11.6 Å². The molecule has 2 aromatic carbocycles. The summed E-state index contributed by atoms with van der Waals surface area (Å²) in [4.78, 5) is 0. The standard InChI is InChI=1S/C17H21ClN2/c1-11-4-6-14(8-13(11)3)9-17(20-19)16-10-15(18)7-5-12(16)2/h4-8,10,17,20H,9,19H2,1-3H3. The number of halogens is 1. The number of benzene rings is 2. The van der Waals surface area contributed by atoms with Crippen molar-refractivity contribution in [1.29, 1.82) is 0 Å². The fourth-order valence-electron chi connectivity index (χ4n) is 2.41. The Morgan fingerprint density at radius 1 is 1.00 bits per heavy atom. The maximum absolute atomic E-state index is 6.10. The second-order valence-electron chi connectivity index (χ2n) is 5.34. The zero-order valence-electron chi connectivity index (χ0n) is 12.2. The summed E-state index contributed by atoms with van der Waals surface area (Å²) < 4.78 is 0. The Hall–Kier alpha value is -1.35. The summed E-state index contributed by atoms with van der Waals surface area (Å²) in [6.45, 7) is 6.34. The Kier molecular flexibility index (Phi) is 4.81. The van der Waals surface area contributed by atoms with Gasteiger partial charge in [0, 0.05) is 5.02 Å². The molecule has 0 aromatic heterocycles. The minimum atomic E-state index is 0.0656. The Bertz CT molecular complexity index is 608. The molecular weight excluding hydrogens is 268 g/mol. The van der Waals surface area contributed by atoms with Crippen molar-refractivity contribution in [3.8, 4) is 0 Å². The third-order valence-corrected chi connectivity index (χ3v) is 4.06. The molecule has 3 N–H and O–H groups in total. The van der Waals surface area contributed by atoms with E-state index < -0.39 is 0 Å². The van der Waals surface area contributed by atoms with Gasteiger partial charge in [-0.25, -0.2) is 0 Å². The summed E-state index contributed by atoms with van der Waals surface area (Å²) in [7, 11) is 0. The molecule has 1 atom stereocenters. The van der Waals surface area contributed by atoms with E-state index in [1.807, 2.05) is 18.2 Å². The number of hydrogen-bond donors (Lipinski definition) is 2. The number of nitrogens with one attached hydrogen (secondary N) is 1. The van der Waals surface area contributed by atoms with E-state index in [1.54, 1.807) is 0 Å². The van der Waals surface area contributed by atoms with Gasteiger partial charge in [0.1, 0.15) is 0 Å². The molecule has 0 bridgehead atoms. The molecule has 0 spiro atoms. The number of hydrogen-bond acceptors (Lipinski definition) is 2. The van der Waals surface area contributed by atoms with Gasteiger partial charge in [-0.1, -0.05) is 35.9 Å². The third-order valence-electron chi connectivity index (χ3n) is 3.83. The number of rotatable bonds is 4. The minimum absolute atomic E-state index is 0.0656. The summed E-state index contributed by atoms with van der Waals surface area (Å²) in [5, 5.41) is 0.742. The second kappa shape index (κ2) is 6.40. The minimum Gasteiger partial charge on any atom is -0.271 e. The highest BCUT2D eigenvalue weighted by Crippen LogP contribution is 2.25. The van der Waals surface area contributed by atoms with Crippen molar-refractivity contribution in [1.82, 2.24) is 5.43 Å². The first-order chi connectivity index (χ1) is 9.51. The molecule has 0 fully saturated rings. The van der Waals surface area contributed by atoms with Gasteiger partial charge >= 0.3 is 0 Å². The Labute approximate surface area is 125 Å². The normalized spacial score (nSPS) is 12.4. The molecule has 0 saturated heterocycles. The third kappa shape index (κ3) is 3.40. The van der Waals surface area contributed by atoms with Gasteiger partial charge in [-0.05, 0) is 67.1 Å². The van der Waals surface area contributed by atoms with Crippen LogP contribution in [0.15, 0.2) is 36.4 Å². The molecular formula is C17H21ClN2. The topological polar surface area (TPSA) is 38.0 Å². The van der Waals surface area contributed by atoms with Gasteiger partial charge in [0.2, 0.25) is 0 Å². The van der Waals surface area contributed by atoms with Gasteiger partial charge in [-0.2, -0.15) is 0 Å². The van der Waals surface area contributed by atoms with Crippen LogP contribution in [0, 0.1) is 20.8 Å². The molecule has 2 aromatic rings. The maximum atomic E-state index is 6.10. The fraction of sp³-hybridized carbons (Fsp3) is 0.294. The predicted octanol–water partition coefficient (Wildman–Crippen LogP) is 4.01. The van der Waals surface area contributed by atoms with Crippen LogP contribution in [0.5, 0.6) is 0 Å². The van der Waals surface area contributed by atoms with Crippen LogP contribution in [-0.4, -0.2) is 0 Å². The van der Waals surface area contributed by atoms with Crippen LogP contribution in [0.3, 0.4) is 0 Å². The van der Waals surface area contributed by atoms with Crippen LogP contribution in [0.25, 0.3) is 0 Å². The Morgan fingerprint density at radius 3 is 2.35 bits per heavy atom. The van der Waals surface area contributed by atoms with Crippen LogP contribution in [-0.2, 0) is 6.42 Å². The van der Waals surface area contributed by atoms with E-state index >= 15 is 0 Å². The van der Waals surface area contributed by atoms with Crippen LogP contribution in [0.4, 0.5) is 0 Å². The molecule has 2 rings (SSSR count). The number of hydrazine groups is 1. The maximum Gasteiger partial charge on any atom is 0.0503 e. The first-order valence-electron chi connectivity index (χ1n) is 6.79. The lowest BCUT2D eigenvalue weighted by atomic mass is 9.94. The highest BCUT2D eigenvalue weighted by atomic mass is 35.5. The molecule has 0 aliphatic rings. The lowest BCUT2D eigenvalue weighted by Gasteiger charge is -2.19. The number of aryl methyl sites for hydroxylation is 3. The molecule has 3 heteroatoms. The zero-order chi connectivity index (χ0) is 14.7. The summed E-state index contributed by atoms with van der Waals surface area (Å²) in [5.41, 5.74) is 9.15. The molecule has 20 heavy (non-hydrogen) atoms. The molecule has 1 unspecified atom stereocenters. The first-order valence-corrected chi connectivity index (χ1v) is 7.17. The van der Waals surface area contributed by atoms with E-state index in [-0.39, 0.29) is 6.04 Å². The summed E-state index contributed by atoms with van der Waals surface area (Å²) in [6, 6.07) is 12.5. The van der Waals surface area contributed by atoms with E-state index in [0.29, 0.717) is 0 Å². The van der Waals surface area contributed by atoms with E-state index in [9.17, 15) is 0 Å². The van der Waals surface area contributed by atoms with Gasteiger partial charge in [-0.3, -0.25) is 11.3 Å². The highest BCUT2D eigenvalue weighted by Gasteiger charge is 2.14. The van der Waals surface area contributed by atoms with E-state index in [0.717, 1.165) is 17.0 Å². The molecule has 2 nitrogen and oxygen atoms in total. The van der Waals surface area contributed by atoms with Gasteiger partial charge in [0.15, 0.2) is 0 Å². The monoisotopic (exact) mass is 288 g/mol. The lowest BCUT2D eigenvalue weighted by Crippen LogP contribution is -2.30. The lowest BCUT2D eigenvalue weighted by molar-refractivity contribution is 0.549. The quantitative estimate of drug-likeness (QED) is 0.659. The Morgan fingerprint density at radius 2 is 1.70 bits per heavy atom. The molecule has 0 amide bonds. The van der Waals surface area contributed by atoms with E-state index in [2.05, 4.69) is 44.4 Å². The smallest absolute Gasteiger partial charge is 0.0503 e. The van der Waals surface area contributed by atoms with Crippen LogP contribution in [0.2, 0.25) is 5.02 Å². The van der Waals surface area contributed by atoms with Crippen molar-refractivity contribution in [2.24, 2.45) is 5.84 Å². The van der Waals surface area contributed by atoms with Crippen LogP contribution in [0.1, 0.15) is 33.9 Å². The summed E-state index contributed by atoms with van der Waals surface area (Å²) in [5.74, 6) is 5.75. The molecule has 0 radical (unpaired) electrons. The van der Waals surface area contributed by atoms with Crippen molar-refractivity contribution < 1.29 is 0 Å². The molecule has 106 valence electrons. The number of nitrogens with two attached hydrogens (primary N) is 1. The van der Waals surface area contributed by atoms with Crippen molar-refractivity contribution >= 4 is 11.6 Å². The average molecular weight is 289 g/mol. The van der Waals surface area contributed by atoms with Gasteiger partial charge < -0.3 is 0 Å². The Balaban J connectivity index is 2.28. The van der Waals surface area contributed by atoms with Crippen LogP contribution < -0.4 is 11.3 Å². The van der Waals surface area contributed by atoms with Gasteiger partial charge in [0.25, 0.3) is 0 Å². The average Bonchev–Trinajstić information content (AvgIpc) is 2.43. The van der Waals surface area contributed by atoms with Crippen molar-refractivity contribution in [3.63, 3.8) is 0 Å². The van der Waals surface area contributed by atoms with E-state index in [4.69, 9.17) is 17.4 Å². The van der Waals surface area contributed by atoms with Crippen molar-refractivity contribution in [3.05, 3.63) is 69.2 Å². The first kappa shape index (κ1) is 15.0. The van der Waals surface area contributed by atoms with Gasteiger partial charge in [0.05, 0.1) is 6.04 Å². The van der Waals surface area contributed by atoms with Crippen molar-refractivity contribution in [2.45, 2.75) is 33.2 Å². The van der Waals surface area contributed by atoms with E-state index in [1.165, 1.54) is 22.3 Å². The molecule has 0 aliphatic carbocycles. The fourth-order valence-corrected chi connectivity index (χ4v) is 2.59. The summed E-state index contributed by atoms with van der Waals surface area (Å²) >= 11 is 6.10. The zero-order valence-corrected chi connectivity index (χ0v) is 13.0. The molecule has 0 aliphatic heterocycles. The highest BCUT2D eigenvalue weighted by molar-refractivity contribution is 6.30. The van der Waals surface area contributed by atoms with Crippen molar-refractivity contribution in [2.75, 3.05) is 0 Å². The predicted molar refractivity (Wildman–Crippen MR) is 85.9 cm³/mol. The second-order valence-corrected chi connectivity index (χ2v) is 5.78. The molecule has 0 saturated carbocycles. The summed E-state index contributed by atoms with van der Waals surface area (Å²) in [6.07, 6.45) is 0.846. The SMILES string of the molecule is Cc1ccc(CC(NN)c2cc(Cl)ccc2C)cc1C.